The molecule has 3 rings (SSSR count). The maximum Gasteiger partial charge on any atom is 0.338 e. The predicted molar refractivity (Wildman–Crippen MR) is 133 cm³/mol. The average Bonchev–Trinajstić information content (AvgIpc) is 3.08. The van der Waals surface area contributed by atoms with E-state index in [9.17, 15) is 14.4 Å². The Hall–Kier alpha value is -4.28. The van der Waals surface area contributed by atoms with Gasteiger partial charge in [-0.15, -0.1) is 0 Å². The molecule has 3 amide bonds. The number of esters is 1. The third-order valence-corrected chi connectivity index (χ3v) is 5.85. The molecule has 0 aliphatic carbocycles. The predicted octanol–water partition coefficient (Wildman–Crippen LogP) is 2.37. The van der Waals surface area contributed by atoms with Crippen molar-refractivity contribution in [2.75, 3.05) is 20.3 Å². The molecule has 2 aromatic rings. The third kappa shape index (κ3) is 5.85. The number of nitrogens with zero attached hydrogens (tertiary/aromatic N) is 2. The van der Waals surface area contributed by atoms with Gasteiger partial charge in [-0.3, -0.25) is 4.79 Å². The minimum Gasteiger partial charge on any atom is -0.493 e. The van der Waals surface area contributed by atoms with Crippen LogP contribution in [0, 0.1) is 13.8 Å². The van der Waals surface area contributed by atoms with Gasteiger partial charge in [0, 0.05) is 29.7 Å². The molecule has 0 saturated carbocycles. The number of nitrogens with one attached hydrogen (secondary N) is 3. The molecule has 1 aliphatic heterocycles. The van der Waals surface area contributed by atoms with Gasteiger partial charge in [0.2, 0.25) is 0 Å². The first-order valence-corrected chi connectivity index (χ1v) is 11.4. The number of hydrazone groups is 1. The van der Waals surface area contributed by atoms with Crippen molar-refractivity contribution >= 4 is 24.1 Å². The van der Waals surface area contributed by atoms with Gasteiger partial charge >= 0.3 is 12.0 Å². The number of aryl methyl sites for hydroxylation is 1. The molecule has 1 atom stereocenters. The van der Waals surface area contributed by atoms with Crippen LogP contribution in [-0.4, -0.2) is 49.0 Å². The highest BCUT2D eigenvalue weighted by molar-refractivity contribution is 5.95. The number of urea groups is 1. The van der Waals surface area contributed by atoms with Crippen LogP contribution in [0.4, 0.5) is 4.79 Å². The van der Waals surface area contributed by atoms with E-state index in [-0.39, 0.29) is 18.8 Å². The summed E-state index contributed by atoms with van der Waals surface area (Å²) in [6.45, 7) is 7.20. The molecule has 0 saturated heterocycles. The van der Waals surface area contributed by atoms with E-state index in [4.69, 9.17) is 14.2 Å². The lowest BCUT2D eigenvalue weighted by Crippen LogP contribution is -2.45. The highest BCUT2D eigenvalue weighted by atomic mass is 16.5. The third-order valence-electron chi connectivity index (χ3n) is 5.85. The summed E-state index contributed by atoms with van der Waals surface area (Å²) in [5, 5.41) is 9.32. The molecule has 36 heavy (non-hydrogen) atoms. The number of ether oxygens (including phenoxy) is 3. The van der Waals surface area contributed by atoms with E-state index in [1.54, 1.807) is 38.3 Å². The lowest BCUT2D eigenvalue weighted by molar-refractivity contribution is -0.139. The molecule has 0 radical (unpaired) electrons. The first-order valence-electron chi connectivity index (χ1n) is 11.4. The minimum absolute atomic E-state index is 0.198. The summed E-state index contributed by atoms with van der Waals surface area (Å²) in [5.41, 5.74) is 6.74. The largest absolute Gasteiger partial charge is 0.493 e. The molecule has 11 nitrogen and oxygen atoms in total. The van der Waals surface area contributed by atoms with E-state index in [2.05, 4.69) is 21.2 Å². The second-order valence-electron chi connectivity index (χ2n) is 8.17. The number of aromatic nitrogens is 1. The first-order chi connectivity index (χ1) is 17.2. The fourth-order valence-corrected chi connectivity index (χ4v) is 3.77. The second-order valence-corrected chi connectivity index (χ2v) is 8.17. The smallest absolute Gasteiger partial charge is 0.338 e. The molecule has 0 fully saturated rings. The van der Waals surface area contributed by atoms with Crippen molar-refractivity contribution in [2.24, 2.45) is 12.1 Å². The fraction of sp³-hybridized carbons (Fsp3) is 0.360. The molecule has 11 heteroatoms. The van der Waals surface area contributed by atoms with Crippen LogP contribution in [-0.2, 0) is 21.4 Å². The van der Waals surface area contributed by atoms with Gasteiger partial charge in [-0.25, -0.2) is 15.0 Å². The summed E-state index contributed by atoms with van der Waals surface area (Å²) in [6, 6.07) is 5.70. The van der Waals surface area contributed by atoms with Gasteiger partial charge in [-0.1, -0.05) is 6.07 Å². The molecule has 192 valence electrons. The van der Waals surface area contributed by atoms with Crippen LogP contribution in [0.1, 0.15) is 42.4 Å². The van der Waals surface area contributed by atoms with Crippen molar-refractivity contribution in [1.29, 1.82) is 0 Å². The SMILES string of the molecule is CCOC(=O)C1=C(C)NC(=O)N[C@H]1c1ccc(OCC(=O)NN=Cc2cc(C)n(C)c2C)c(OC)c1. The van der Waals surface area contributed by atoms with Crippen molar-refractivity contribution in [2.45, 2.75) is 33.7 Å². The molecular formula is C25H31N5O6. The van der Waals surface area contributed by atoms with E-state index in [0.717, 1.165) is 17.0 Å². The van der Waals surface area contributed by atoms with Crippen LogP contribution in [0.5, 0.6) is 11.5 Å². The van der Waals surface area contributed by atoms with E-state index >= 15 is 0 Å². The highest BCUT2D eigenvalue weighted by Gasteiger charge is 2.32. The lowest BCUT2D eigenvalue weighted by atomic mass is 9.95. The summed E-state index contributed by atoms with van der Waals surface area (Å²) in [5.74, 6) is -0.345. The number of carbonyl (C=O) groups is 3. The zero-order chi connectivity index (χ0) is 26.4. The number of hydrogen-bond donors (Lipinski definition) is 3. The zero-order valence-electron chi connectivity index (χ0n) is 21.2. The maximum absolute atomic E-state index is 12.5. The number of carbonyl (C=O) groups excluding carboxylic acids is 3. The lowest BCUT2D eigenvalue weighted by Gasteiger charge is -2.28. The second kappa shape index (κ2) is 11.4. The molecule has 1 aromatic heterocycles. The molecular weight excluding hydrogens is 466 g/mol. The quantitative estimate of drug-likeness (QED) is 0.277. The Kier molecular flexibility index (Phi) is 8.36. The molecule has 1 aromatic carbocycles. The number of benzene rings is 1. The number of amides is 3. The Bertz CT molecular complexity index is 1230. The topological polar surface area (TPSA) is 132 Å². The van der Waals surface area contributed by atoms with Gasteiger partial charge in [0.25, 0.3) is 5.91 Å². The highest BCUT2D eigenvalue weighted by Crippen LogP contribution is 2.34. The standard InChI is InChI=1S/C25H31N5O6/c1-7-35-24(32)22-15(3)27-25(33)28-23(22)17-8-9-19(20(11-17)34-6)36-13-21(31)29-26-12-18-10-14(2)30(5)16(18)4/h8-12,23H,7,13H2,1-6H3,(H,29,31)(H2,27,28,33)/t23-/m0/s1. The Morgan fingerprint density at radius 2 is 1.94 bits per heavy atom. The molecule has 2 heterocycles. The normalized spacial score (nSPS) is 15.4. The van der Waals surface area contributed by atoms with Crippen LogP contribution < -0.4 is 25.5 Å². The average molecular weight is 498 g/mol. The summed E-state index contributed by atoms with van der Waals surface area (Å²) >= 11 is 0. The Labute approximate surface area is 209 Å². The van der Waals surface area contributed by atoms with Gasteiger partial charge in [0.1, 0.15) is 0 Å². The van der Waals surface area contributed by atoms with Crippen LogP contribution in [0.15, 0.2) is 40.6 Å². The monoisotopic (exact) mass is 497 g/mol. The van der Waals surface area contributed by atoms with Gasteiger partial charge in [-0.05, 0) is 51.5 Å². The van der Waals surface area contributed by atoms with Crippen LogP contribution in [0.25, 0.3) is 0 Å². The minimum atomic E-state index is -0.747. The van der Waals surface area contributed by atoms with Gasteiger partial charge in [0.15, 0.2) is 18.1 Å². The van der Waals surface area contributed by atoms with E-state index in [0.29, 0.717) is 22.8 Å². The zero-order valence-corrected chi connectivity index (χ0v) is 21.2. The maximum atomic E-state index is 12.5. The Morgan fingerprint density at radius 3 is 2.58 bits per heavy atom. The van der Waals surface area contributed by atoms with Crippen molar-refractivity contribution < 1.29 is 28.6 Å². The van der Waals surface area contributed by atoms with Crippen molar-refractivity contribution in [3.63, 3.8) is 0 Å². The van der Waals surface area contributed by atoms with Gasteiger partial charge in [0.05, 0.1) is 31.5 Å². The van der Waals surface area contributed by atoms with Crippen LogP contribution in [0.2, 0.25) is 0 Å². The molecule has 0 bridgehead atoms. The first kappa shape index (κ1) is 26.3. The number of hydrogen-bond acceptors (Lipinski definition) is 7. The fourth-order valence-electron chi connectivity index (χ4n) is 3.77. The van der Waals surface area contributed by atoms with Gasteiger partial charge in [-0.2, -0.15) is 5.10 Å². The van der Waals surface area contributed by atoms with Crippen LogP contribution in [0.3, 0.4) is 0 Å². The molecule has 3 N–H and O–H groups in total. The molecule has 0 unspecified atom stereocenters. The summed E-state index contributed by atoms with van der Waals surface area (Å²) in [4.78, 5) is 36.8. The number of methoxy groups -OCH3 is 1. The van der Waals surface area contributed by atoms with Crippen LogP contribution >= 0.6 is 0 Å². The Morgan fingerprint density at radius 1 is 1.19 bits per heavy atom. The van der Waals surface area contributed by atoms with Crippen molar-refractivity contribution in [3.8, 4) is 11.5 Å². The van der Waals surface area contributed by atoms with Crippen molar-refractivity contribution in [1.82, 2.24) is 20.6 Å². The Balaban J connectivity index is 1.70. The number of allylic oxidation sites excluding steroid dienone is 1. The summed E-state index contributed by atoms with van der Waals surface area (Å²) in [7, 11) is 3.41. The number of rotatable bonds is 9. The van der Waals surface area contributed by atoms with Gasteiger partial charge < -0.3 is 29.4 Å². The van der Waals surface area contributed by atoms with E-state index in [1.165, 1.54) is 7.11 Å². The van der Waals surface area contributed by atoms with Crippen molar-refractivity contribution in [3.05, 3.63) is 58.1 Å². The summed E-state index contributed by atoms with van der Waals surface area (Å²) in [6.07, 6.45) is 1.58. The van der Waals surface area contributed by atoms with E-state index in [1.807, 2.05) is 31.5 Å². The summed E-state index contributed by atoms with van der Waals surface area (Å²) < 4.78 is 18.2. The van der Waals surface area contributed by atoms with E-state index < -0.39 is 23.9 Å². The molecule has 0 spiro atoms. The molecule has 1 aliphatic rings.